The number of hydrogen-bond donors (Lipinski definition) is 2. The maximum atomic E-state index is 14.6. The van der Waals surface area contributed by atoms with E-state index >= 15 is 0 Å². The Kier molecular flexibility index (Phi) is 4.80. The Labute approximate surface area is 163 Å². The Hall–Kier alpha value is -2.88. The normalized spacial score (nSPS) is 21.3. The van der Waals surface area contributed by atoms with Crippen molar-refractivity contribution in [2.75, 3.05) is 0 Å². The zero-order valence-corrected chi connectivity index (χ0v) is 15.6. The molecule has 3 aromatic carbocycles. The summed E-state index contributed by atoms with van der Waals surface area (Å²) in [6.45, 7) is 2.05. The van der Waals surface area contributed by atoms with Crippen LogP contribution in [0.1, 0.15) is 41.0 Å². The minimum atomic E-state index is -0.427. The van der Waals surface area contributed by atoms with Crippen molar-refractivity contribution in [1.29, 1.82) is 0 Å². The summed E-state index contributed by atoms with van der Waals surface area (Å²) in [7, 11) is 0. The molecular formula is C24H22F2O2. The SMILES string of the molecule is CC1C(c2ccc(O)cc2F)Cc2ccc(O)cc2C1Cc1ccccc1F. The zero-order valence-electron chi connectivity index (χ0n) is 15.6. The number of phenolic OH excluding ortho intramolecular Hbond substituents is 2. The van der Waals surface area contributed by atoms with Gasteiger partial charge in [-0.05, 0) is 77.1 Å². The third-order valence-corrected chi connectivity index (χ3v) is 6.02. The molecule has 4 heteroatoms. The maximum absolute atomic E-state index is 14.6. The molecule has 0 heterocycles. The highest BCUT2D eigenvalue weighted by Gasteiger charge is 2.36. The van der Waals surface area contributed by atoms with Gasteiger partial charge >= 0.3 is 0 Å². The van der Waals surface area contributed by atoms with E-state index in [0.29, 0.717) is 24.0 Å². The molecule has 3 aromatic rings. The van der Waals surface area contributed by atoms with Gasteiger partial charge in [-0.3, -0.25) is 0 Å². The lowest BCUT2D eigenvalue weighted by atomic mass is 9.66. The number of phenols is 2. The average Bonchev–Trinajstić information content (AvgIpc) is 2.66. The molecule has 1 aliphatic carbocycles. The largest absolute Gasteiger partial charge is 0.508 e. The molecule has 2 nitrogen and oxygen atoms in total. The van der Waals surface area contributed by atoms with Crippen molar-refractivity contribution in [2.24, 2.45) is 5.92 Å². The highest BCUT2D eigenvalue weighted by atomic mass is 19.1. The van der Waals surface area contributed by atoms with Gasteiger partial charge in [0.1, 0.15) is 23.1 Å². The fourth-order valence-corrected chi connectivity index (χ4v) is 4.51. The van der Waals surface area contributed by atoms with Crippen molar-refractivity contribution < 1.29 is 19.0 Å². The number of benzene rings is 3. The summed E-state index contributed by atoms with van der Waals surface area (Å²) in [4.78, 5) is 0. The first-order valence-electron chi connectivity index (χ1n) is 9.47. The predicted molar refractivity (Wildman–Crippen MR) is 105 cm³/mol. The van der Waals surface area contributed by atoms with E-state index < -0.39 is 5.82 Å². The quantitative estimate of drug-likeness (QED) is 0.614. The van der Waals surface area contributed by atoms with E-state index in [0.717, 1.165) is 17.2 Å². The molecule has 144 valence electrons. The lowest BCUT2D eigenvalue weighted by Crippen LogP contribution is -2.28. The molecule has 0 amide bonds. The summed E-state index contributed by atoms with van der Waals surface area (Å²) in [5.41, 5.74) is 3.20. The fraction of sp³-hybridized carbons (Fsp3) is 0.250. The molecule has 3 atom stereocenters. The third kappa shape index (κ3) is 3.35. The van der Waals surface area contributed by atoms with Crippen LogP contribution in [0.4, 0.5) is 8.78 Å². The van der Waals surface area contributed by atoms with E-state index in [2.05, 4.69) is 6.92 Å². The van der Waals surface area contributed by atoms with Crippen molar-refractivity contribution in [3.05, 3.63) is 94.6 Å². The van der Waals surface area contributed by atoms with E-state index in [9.17, 15) is 19.0 Å². The molecular weight excluding hydrogens is 358 g/mol. The first kappa shape index (κ1) is 18.5. The van der Waals surface area contributed by atoms with Gasteiger partial charge in [-0.2, -0.15) is 0 Å². The van der Waals surface area contributed by atoms with Gasteiger partial charge in [-0.25, -0.2) is 8.78 Å². The Morgan fingerprint density at radius 1 is 0.857 bits per heavy atom. The summed E-state index contributed by atoms with van der Waals surface area (Å²) in [5.74, 6) is -0.747. The van der Waals surface area contributed by atoms with Gasteiger partial charge in [0.2, 0.25) is 0 Å². The number of halogens is 2. The smallest absolute Gasteiger partial charge is 0.130 e. The molecule has 0 spiro atoms. The second-order valence-electron chi connectivity index (χ2n) is 7.66. The number of rotatable bonds is 3. The molecule has 0 saturated heterocycles. The zero-order chi connectivity index (χ0) is 19.8. The second kappa shape index (κ2) is 7.27. The fourth-order valence-electron chi connectivity index (χ4n) is 4.51. The number of hydrogen-bond acceptors (Lipinski definition) is 2. The van der Waals surface area contributed by atoms with Crippen molar-refractivity contribution >= 4 is 0 Å². The summed E-state index contributed by atoms with van der Waals surface area (Å²) in [6.07, 6.45) is 1.10. The van der Waals surface area contributed by atoms with Crippen molar-refractivity contribution in [3.8, 4) is 11.5 Å². The van der Waals surface area contributed by atoms with Crippen LogP contribution in [0.2, 0.25) is 0 Å². The van der Waals surface area contributed by atoms with Gasteiger partial charge in [-0.1, -0.05) is 37.3 Å². The van der Waals surface area contributed by atoms with Gasteiger partial charge in [-0.15, -0.1) is 0 Å². The standard InChI is InChI=1S/C24H22F2O2/c1-14-20(19-9-8-18(28)13-24(19)26)10-15-6-7-17(27)12-22(15)21(14)11-16-4-2-3-5-23(16)25/h2-9,12-14,20-21,27-28H,10-11H2,1H3. The van der Waals surface area contributed by atoms with Gasteiger partial charge in [0.25, 0.3) is 0 Å². The minimum absolute atomic E-state index is 0.0212. The van der Waals surface area contributed by atoms with E-state index in [1.807, 2.05) is 12.1 Å². The van der Waals surface area contributed by atoms with Crippen LogP contribution in [0.3, 0.4) is 0 Å². The molecule has 0 aliphatic heterocycles. The van der Waals surface area contributed by atoms with Crippen molar-refractivity contribution in [3.63, 3.8) is 0 Å². The highest BCUT2D eigenvalue weighted by molar-refractivity contribution is 5.44. The van der Waals surface area contributed by atoms with E-state index in [-0.39, 0.29) is 35.1 Å². The van der Waals surface area contributed by atoms with Gasteiger partial charge in [0.05, 0.1) is 0 Å². The first-order chi connectivity index (χ1) is 13.4. The van der Waals surface area contributed by atoms with Crippen LogP contribution >= 0.6 is 0 Å². The molecule has 4 rings (SSSR count). The lowest BCUT2D eigenvalue weighted by molar-refractivity contribution is 0.337. The van der Waals surface area contributed by atoms with E-state index in [1.165, 1.54) is 12.1 Å². The Bertz CT molecular complexity index is 1020. The third-order valence-electron chi connectivity index (χ3n) is 6.02. The number of fused-ring (bicyclic) bond motifs is 1. The Balaban J connectivity index is 1.79. The molecule has 0 aromatic heterocycles. The molecule has 1 aliphatic rings. The molecule has 2 N–H and O–H groups in total. The highest BCUT2D eigenvalue weighted by Crippen LogP contribution is 2.47. The minimum Gasteiger partial charge on any atom is -0.508 e. The number of aromatic hydroxyl groups is 2. The predicted octanol–water partition coefficient (Wildman–Crippen LogP) is 5.68. The molecule has 28 heavy (non-hydrogen) atoms. The Morgan fingerprint density at radius 3 is 2.32 bits per heavy atom. The second-order valence-corrected chi connectivity index (χ2v) is 7.66. The topological polar surface area (TPSA) is 40.5 Å². The van der Waals surface area contributed by atoms with Crippen LogP contribution < -0.4 is 0 Å². The first-order valence-corrected chi connectivity index (χ1v) is 9.47. The molecule has 0 saturated carbocycles. The molecule has 0 radical (unpaired) electrons. The van der Waals surface area contributed by atoms with Crippen LogP contribution in [0, 0.1) is 17.6 Å². The van der Waals surface area contributed by atoms with Gasteiger partial charge in [0, 0.05) is 6.07 Å². The van der Waals surface area contributed by atoms with Gasteiger partial charge < -0.3 is 10.2 Å². The van der Waals surface area contributed by atoms with Crippen LogP contribution in [0.25, 0.3) is 0 Å². The average molecular weight is 380 g/mol. The van der Waals surface area contributed by atoms with Crippen molar-refractivity contribution in [2.45, 2.75) is 31.6 Å². The van der Waals surface area contributed by atoms with E-state index in [1.54, 1.807) is 30.3 Å². The summed E-state index contributed by atoms with van der Waals surface area (Å²) < 4.78 is 28.9. The monoisotopic (exact) mass is 380 g/mol. The Morgan fingerprint density at radius 2 is 1.57 bits per heavy atom. The summed E-state index contributed by atoms with van der Waals surface area (Å²) in [5, 5.41) is 19.6. The summed E-state index contributed by atoms with van der Waals surface area (Å²) >= 11 is 0. The summed E-state index contributed by atoms with van der Waals surface area (Å²) in [6, 6.07) is 16.2. The van der Waals surface area contributed by atoms with Crippen LogP contribution in [0.15, 0.2) is 60.7 Å². The maximum Gasteiger partial charge on any atom is 0.130 e. The van der Waals surface area contributed by atoms with Crippen LogP contribution in [0.5, 0.6) is 11.5 Å². The van der Waals surface area contributed by atoms with Crippen molar-refractivity contribution in [1.82, 2.24) is 0 Å². The lowest BCUT2D eigenvalue weighted by Gasteiger charge is -2.38. The van der Waals surface area contributed by atoms with Gasteiger partial charge in [0.15, 0.2) is 0 Å². The van der Waals surface area contributed by atoms with Crippen LogP contribution in [-0.4, -0.2) is 10.2 Å². The molecule has 3 unspecified atom stereocenters. The molecule has 0 fully saturated rings. The van der Waals surface area contributed by atoms with E-state index in [4.69, 9.17) is 0 Å². The molecule has 0 bridgehead atoms. The van der Waals surface area contributed by atoms with Crippen LogP contribution in [-0.2, 0) is 12.8 Å².